The minimum Gasteiger partial charge on any atom is -0.393 e. The Balaban J connectivity index is 1.97. The lowest BCUT2D eigenvalue weighted by molar-refractivity contribution is -0.127. The molecule has 7 heteroatoms. The van der Waals surface area contributed by atoms with Crippen molar-refractivity contribution in [3.8, 4) is 0 Å². The molecule has 0 spiro atoms. The number of carbonyl (C=O) groups excluding carboxylic acids is 1. The quantitative estimate of drug-likeness (QED) is 0.763. The average molecular weight is 336 g/mol. The predicted octanol–water partition coefficient (Wildman–Crippen LogP) is 1.96. The van der Waals surface area contributed by atoms with Crippen molar-refractivity contribution in [1.82, 2.24) is 0 Å². The molecular weight excluding hydrogens is 312 g/mol. The van der Waals surface area contributed by atoms with Gasteiger partial charge in [-0.15, -0.1) is 0 Å². The molecule has 0 amide bonds. The third-order valence-corrected chi connectivity index (χ3v) is 7.07. The van der Waals surface area contributed by atoms with Crippen molar-refractivity contribution >= 4 is 27.0 Å². The average Bonchev–Trinajstić information content (AvgIpc) is 2.34. The smallest absolute Gasteiger partial charge is 0.265 e. The van der Waals surface area contributed by atoms with E-state index >= 15 is 0 Å². The van der Waals surface area contributed by atoms with Gasteiger partial charge in [-0.05, 0) is 43.4 Å². The molecule has 5 unspecified atom stereocenters. The molecule has 0 aliphatic heterocycles. The zero-order chi connectivity index (χ0) is 15.8. The number of rotatable bonds is 4. The molecule has 21 heavy (non-hydrogen) atoms. The first-order valence-corrected chi connectivity index (χ1v) is 10.0. The lowest BCUT2D eigenvalue weighted by Gasteiger charge is -2.48. The summed E-state index contributed by atoms with van der Waals surface area (Å²) in [7, 11) is -4.01. The molecular formula is C14H24O5S2. The molecule has 2 rings (SSSR count). The highest BCUT2D eigenvalue weighted by atomic mass is 32.2. The van der Waals surface area contributed by atoms with Crippen molar-refractivity contribution in [2.24, 2.45) is 23.2 Å². The summed E-state index contributed by atoms with van der Waals surface area (Å²) in [6.07, 6.45) is 3.10. The normalized spacial score (nSPS) is 40.0. The van der Waals surface area contributed by atoms with Crippen LogP contribution in [0.15, 0.2) is 0 Å². The highest BCUT2D eigenvalue weighted by molar-refractivity contribution is 8.14. The standard InChI is InChI=1S/C14H24O5S2/c1-9-5-10-6-11(12(9)15)8-14(2,7-10)13(16)20-3-4-21(17,18)19/h9-12,15H,3-8H2,1-2H3,(H,17,18,19). The first-order chi connectivity index (χ1) is 9.61. The van der Waals surface area contributed by atoms with Crippen LogP contribution in [0.25, 0.3) is 0 Å². The van der Waals surface area contributed by atoms with Crippen LogP contribution in [-0.2, 0) is 14.9 Å². The highest BCUT2D eigenvalue weighted by Gasteiger charge is 2.48. The first kappa shape index (κ1) is 17.2. The van der Waals surface area contributed by atoms with Crippen LogP contribution in [0.5, 0.6) is 0 Å². The molecule has 122 valence electrons. The van der Waals surface area contributed by atoms with E-state index in [0.717, 1.165) is 31.0 Å². The van der Waals surface area contributed by atoms with E-state index in [1.165, 1.54) is 0 Å². The maximum Gasteiger partial charge on any atom is 0.265 e. The molecule has 0 aromatic heterocycles. The summed E-state index contributed by atoms with van der Waals surface area (Å²) in [5.41, 5.74) is -0.488. The Bertz CT molecular complexity index is 501. The zero-order valence-electron chi connectivity index (χ0n) is 12.5. The van der Waals surface area contributed by atoms with Crippen molar-refractivity contribution in [2.75, 3.05) is 11.5 Å². The fourth-order valence-corrected chi connectivity index (χ4v) is 5.92. The number of aliphatic hydroxyl groups is 1. The van der Waals surface area contributed by atoms with Crippen LogP contribution in [0, 0.1) is 23.2 Å². The molecule has 2 N–H and O–H groups in total. The molecule has 0 radical (unpaired) electrons. The van der Waals surface area contributed by atoms with E-state index < -0.39 is 21.3 Å². The largest absolute Gasteiger partial charge is 0.393 e. The maximum absolute atomic E-state index is 12.4. The van der Waals surface area contributed by atoms with Gasteiger partial charge in [-0.25, -0.2) is 0 Å². The molecule has 0 aromatic carbocycles. The Morgan fingerprint density at radius 1 is 1.33 bits per heavy atom. The van der Waals surface area contributed by atoms with Crippen LogP contribution in [0.3, 0.4) is 0 Å². The van der Waals surface area contributed by atoms with Gasteiger partial charge in [0, 0.05) is 11.2 Å². The zero-order valence-corrected chi connectivity index (χ0v) is 14.1. The van der Waals surface area contributed by atoms with Crippen LogP contribution in [0.4, 0.5) is 0 Å². The van der Waals surface area contributed by atoms with Gasteiger partial charge in [-0.3, -0.25) is 9.35 Å². The van der Waals surface area contributed by atoms with Crippen LogP contribution in [-0.4, -0.2) is 40.8 Å². The predicted molar refractivity (Wildman–Crippen MR) is 82.6 cm³/mol. The molecule has 2 aliphatic rings. The molecule has 0 aromatic rings. The maximum atomic E-state index is 12.4. The Morgan fingerprint density at radius 3 is 2.62 bits per heavy atom. The van der Waals surface area contributed by atoms with Crippen LogP contribution < -0.4 is 0 Å². The van der Waals surface area contributed by atoms with Gasteiger partial charge < -0.3 is 5.11 Å². The lowest BCUT2D eigenvalue weighted by atomic mass is 9.59. The van der Waals surface area contributed by atoms with Crippen LogP contribution in [0.1, 0.15) is 39.5 Å². The number of aliphatic hydroxyl groups excluding tert-OH is 1. The molecule has 5 nitrogen and oxygen atoms in total. The van der Waals surface area contributed by atoms with Gasteiger partial charge in [0.2, 0.25) is 0 Å². The number of thioether (sulfide) groups is 1. The summed E-state index contributed by atoms with van der Waals surface area (Å²) in [4.78, 5) is 12.4. The third-order valence-electron chi connectivity index (χ3n) is 4.93. The second-order valence-electron chi connectivity index (χ2n) is 6.96. The number of hydrogen-bond donors (Lipinski definition) is 2. The van der Waals surface area contributed by atoms with Crippen LogP contribution >= 0.6 is 11.8 Å². The molecule has 2 aliphatic carbocycles. The topological polar surface area (TPSA) is 91.7 Å². The summed E-state index contributed by atoms with van der Waals surface area (Å²) in [5.74, 6) is 0.621. The molecule has 2 saturated carbocycles. The van der Waals surface area contributed by atoms with Gasteiger partial charge in [0.15, 0.2) is 5.12 Å². The second kappa shape index (κ2) is 6.18. The van der Waals surface area contributed by atoms with Gasteiger partial charge >= 0.3 is 0 Å². The Kier molecular flexibility index (Phi) is 5.08. The van der Waals surface area contributed by atoms with Crippen molar-refractivity contribution < 1.29 is 22.9 Å². The number of fused-ring (bicyclic) bond motifs is 2. The summed E-state index contributed by atoms with van der Waals surface area (Å²) in [6, 6.07) is 0. The van der Waals surface area contributed by atoms with Gasteiger partial charge in [-0.1, -0.05) is 25.6 Å². The highest BCUT2D eigenvalue weighted by Crippen LogP contribution is 2.51. The van der Waals surface area contributed by atoms with E-state index in [0.29, 0.717) is 18.3 Å². The molecule has 0 saturated heterocycles. The molecule has 2 fully saturated rings. The fraction of sp³-hybridized carbons (Fsp3) is 0.929. The van der Waals surface area contributed by atoms with Crippen molar-refractivity contribution in [1.29, 1.82) is 0 Å². The monoisotopic (exact) mass is 336 g/mol. The van der Waals surface area contributed by atoms with Gasteiger partial charge in [0.25, 0.3) is 10.1 Å². The second-order valence-corrected chi connectivity index (χ2v) is 9.60. The fourth-order valence-electron chi connectivity index (χ4n) is 4.04. The first-order valence-electron chi connectivity index (χ1n) is 7.41. The minimum atomic E-state index is -4.01. The summed E-state index contributed by atoms with van der Waals surface area (Å²) >= 11 is 0.990. The van der Waals surface area contributed by atoms with Gasteiger partial charge in [0.1, 0.15) is 0 Å². The lowest BCUT2D eigenvalue weighted by Crippen LogP contribution is -2.46. The van der Waals surface area contributed by atoms with E-state index in [1.54, 1.807) is 0 Å². The van der Waals surface area contributed by atoms with E-state index in [2.05, 4.69) is 6.92 Å². The third kappa shape index (κ3) is 4.21. The minimum absolute atomic E-state index is 0.0115. The van der Waals surface area contributed by atoms with E-state index in [9.17, 15) is 18.3 Å². The van der Waals surface area contributed by atoms with Crippen molar-refractivity contribution in [2.45, 2.75) is 45.6 Å². The van der Waals surface area contributed by atoms with E-state index in [-0.39, 0.29) is 22.9 Å². The molecule has 5 atom stereocenters. The van der Waals surface area contributed by atoms with E-state index in [1.807, 2.05) is 6.92 Å². The molecule has 0 heterocycles. The number of carbonyl (C=O) groups is 1. The Morgan fingerprint density at radius 2 is 2.00 bits per heavy atom. The van der Waals surface area contributed by atoms with E-state index in [4.69, 9.17) is 4.55 Å². The van der Waals surface area contributed by atoms with Gasteiger partial charge in [-0.2, -0.15) is 8.42 Å². The van der Waals surface area contributed by atoms with Crippen molar-refractivity contribution in [3.63, 3.8) is 0 Å². The number of hydrogen-bond acceptors (Lipinski definition) is 5. The summed E-state index contributed by atoms with van der Waals surface area (Å²) < 4.78 is 30.1. The summed E-state index contributed by atoms with van der Waals surface area (Å²) in [5, 5.41) is 10.2. The van der Waals surface area contributed by atoms with Crippen LogP contribution in [0.2, 0.25) is 0 Å². The van der Waals surface area contributed by atoms with Crippen molar-refractivity contribution in [3.05, 3.63) is 0 Å². The SMILES string of the molecule is CC1CC2CC(CC(C)(C(=O)SCCS(=O)(=O)O)C2)C1O. The Labute approximate surface area is 130 Å². The molecule has 2 bridgehead atoms. The Hall–Kier alpha value is -0.110. The summed E-state index contributed by atoms with van der Waals surface area (Å²) in [6.45, 7) is 3.99. The van der Waals surface area contributed by atoms with Gasteiger partial charge in [0.05, 0.1) is 11.9 Å².